The maximum Gasteiger partial charge on any atom is 0.228 e. The average Bonchev–Trinajstić information content (AvgIpc) is 2.14. The molecule has 0 radical (unpaired) electrons. The lowest BCUT2D eigenvalue weighted by Gasteiger charge is -1.85. The molecule has 44 valence electrons. The van der Waals surface area contributed by atoms with Gasteiger partial charge in [0, 0.05) is 6.20 Å². The zero-order chi connectivity index (χ0) is 5.98. The summed E-state index contributed by atoms with van der Waals surface area (Å²) >= 11 is 0. The second kappa shape index (κ2) is 1.96. The van der Waals surface area contributed by atoms with Crippen molar-refractivity contribution in [3.63, 3.8) is 0 Å². The van der Waals surface area contributed by atoms with Gasteiger partial charge in [-0.15, -0.1) is 0 Å². The third-order valence-corrected chi connectivity index (χ3v) is 1.03. The van der Waals surface area contributed by atoms with Crippen LogP contribution in [0.25, 0.3) is 0 Å². The van der Waals surface area contributed by atoms with Gasteiger partial charge in [0.15, 0.2) is 0 Å². The third-order valence-electron chi connectivity index (χ3n) is 1.03. The molecule has 3 heteroatoms. The summed E-state index contributed by atoms with van der Waals surface area (Å²) in [6, 6.07) is 0. The Hall–Kier alpha value is -0.830. The Labute approximate surface area is 47.0 Å². The predicted octanol–water partition coefficient (Wildman–Crippen LogP) is -0.618. The van der Waals surface area contributed by atoms with Crippen molar-refractivity contribution in [2.45, 2.75) is 6.42 Å². The molecule has 0 bridgehead atoms. The number of hydrogen-bond acceptors (Lipinski definition) is 2. The van der Waals surface area contributed by atoms with Crippen molar-refractivity contribution in [1.82, 2.24) is 5.32 Å². The summed E-state index contributed by atoms with van der Waals surface area (Å²) in [7, 11) is 0. The van der Waals surface area contributed by atoms with Crippen LogP contribution in [0.5, 0.6) is 0 Å². The lowest BCUT2D eigenvalue weighted by Crippen LogP contribution is -2.08. The first-order chi connectivity index (χ1) is 3.83. The minimum atomic E-state index is -0.0333. The predicted molar refractivity (Wildman–Crippen MR) is 27.9 cm³/mol. The zero-order valence-corrected chi connectivity index (χ0v) is 4.35. The third kappa shape index (κ3) is 0.869. The highest BCUT2D eigenvalue weighted by Gasteiger charge is 2.09. The minimum absolute atomic E-state index is 0.0151. The summed E-state index contributed by atoms with van der Waals surface area (Å²) in [6.45, 7) is -0.0151. The van der Waals surface area contributed by atoms with Gasteiger partial charge in [0.05, 0.1) is 13.0 Å². The maximum absolute atomic E-state index is 10.3. The zero-order valence-electron chi connectivity index (χ0n) is 4.35. The van der Waals surface area contributed by atoms with Crippen molar-refractivity contribution in [2.24, 2.45) is 0 Å². The molecule has 1 heterocycles. The van der Waals surface area contributed by atoms with Crippen LogP contribution in [0, 0.1) is 0 Å². The van der Waals surface area contributed by atoms with E-state index in [0.717, 1.165) is 5.57 Å². The van der Waals surface area contributed by atoms with Crippen molar-refractivity contribution in [2.75, 3.05) is 6.61 Å². The molecule has 0 aromatic heterocycles. The molecule has 1 rings (SSSR count). The van der Waals surface area contributed by atoms with Crippen LogP contribution in [-0.4, -0.2) is 17.6 Å². The minimum Gasteiger partial charge on any atom is -0.392 e. The molecule has 0 aliphatic carbocycles. The van der Waals surface area contributed by atoms with Gasteiger partial charge in [-0.2, -0.15) is 0 Å². The van der Waals surface area contributed by atoms with Gasteiger partial charge in [-0.3, -0.25) is 4.79 Å². The molecule has 0 aromatic rings. The van der Waals surface area contributed by atoms with Crippen LogP contribution in [-0.2, 0) is 4.79 Å². The highest BCUT2D eigenvalue weighted by molar-refractivity contribution is 5.82. The van der Waals surface area contributed by atoms with E-state index >= 15 is 0 Å². The highest BCUT2D eigenvalue weighted by Crippen LogP contribution is 2.03. The van der Waals surface area contributed by atoms with Crippen LogP contribution in [0.3, 0.4) is 0 Å². The molecule has 0 saturated heterocycles. The van der Waals surface area contributed by atoms with Crippen LogP contribution >= 0.6 is 0 Å². The molecule has 0 aromatic carbocycles. The number of amides is 1. The molecule has 0 atom stereocenters. The fourth-order valence-electron chi connectivity index (χ4n) is 0.592. The van der Waals surface area contributed by atoms with Crippen LogP contribution in [0.15, 0.2) is 11.8 Å². The standard InChI is InChI=1S/C5H7NO2/c7-3-4-1-5(8)6-2-4/h2,7H,1,3H2,(H,6,8). The summed E-state index contributed by atoms with van der Waals surface area (Å²) in [5.41, 5.74) is 0.759. The van der Waals surface area contributed by atoms with Gasteiger partial charge in [-0.1, -0.05) is 0 Å². The van der Waals surface area contributed by atoms with Gasteiger partial charge in [-0.05, 0) is 5.57 Å². The molecule has 1 amide bonds. The van der Waals surface area contributed by atoms with E-state index < -0.39 is 0 Å². The monoisotopic (exact) mass is 113 g/mol. The van der Waals surface area contributed by atoms with E-state index in [-0.39, 0.29) is 12.5 Å². The van der Waals surface area contributed by atoms with Gasteiger partial charge >= 0.3 is 0 Å². The van der Waals surface area contributed by atoms with Gasteiger partial charge in [0.1, 0.15) is 0 Å². The second-order valence-electron chi connectivity index (χ2n) is 1.70. The van der Waals surface area contributed by atoms with Gasteiger partial charge < -0.3 is 10.4 Å². The van der Waals surface area contributed by atoms with E-state index in [1.54, 1.807) is 6.20 Å². The van der Waals surface area contributed by atoms with Crippen LogP contribution < -0.4 is 5.32 Å². The van der Waals surface area contributed by atoms with Gasteiger partial charge in [0.25, 0.3) is 0 Å². The molecule has 2 N–H and O–H groups in total. The van der Waals surface area contributed by atoms with Crippen LogP contribution in [0.1, 0.15) is 6.42 Å². The number of aliphatic hydroxyl groups excluding tert-OH is 1. The number of carbonyl (C=O) groups is 1. The Bertz CT molecular complexity index is 139. The molecule has 1 aliphatic heterocycles. The molecule has 0 unspecified atom stereocenters. The Kier molecular flexibility index (Phi) is 1.30. The number of nitrogens with one attached hydrogen (secondary N) is 1. The SMILES string of the molecule is O=C1CC(CO)=CN1. The Morgan fingerprint density at radius 1 is 1.88 bits per heavy atom. The Morgan fingerprint density at radius 2 is 2.62 bits per heavy atom. The summed E-state index contributed by atoms with van der Waals surface area (Å²) in [6.07, 6.45) is 1.90. The number of hydrogen-bond donors (Lipinski definition) is 2. The van der Waals surface area contributed by atoms with E-state index in [4.69, 9.17) is 5.11 Å². The largest absolute Gasteiger partial charge is 0.392 e. The van der Waals surface area contributed by atoms with Gasteiger partial charge in [-0.25, -0.2) is 0 Å². The van der Waals surface area contributed by atoms with Crippen molar-refractivity contribution in [1.29, 1.82) is 0 Å². The summed E-state index contributed by atoms with van der Waals surface area (Å²) in [5, 5.41) is 10.9. The van der Waals surface area contributed by atoms with E-state index in [2.05, 4.69) is 5.32 Å². The Morgan fingerprint density at radius 3 is 2.88 bits per heavy atom. The van der Waals surface area contributed by atoms with Crippen LogP contribution in [0.4, 0.5) is 0 Å². The molecular weight excluding hydrogens is 106 g/mol. The molecule has 3 nitrogen and oxygen atoms in total. The van der Waals surface area contributed by atoms with Crippen molar-refractivity contribution in [3.05, 3.63) is 11.8 Å². The van der Waals surface area contributed by atoms with E-state index in [1.807, 2.05) is 0 Å². The lowest BCUT2D eigenvalue weighted by molar-refractivity contribution is -0.118. The van der Waals surface area contributed by atoms with Crippen molar-refractivity contribution < 1.29 is 9.90 Å². The number of rotatable bonds is 1. The first kappa shape index (κ1) is 5.31. The van der Waals surface area contributed by atoms with Crippen LogP contribution in [0.2, 0.25) is 0 Å². The molecule has 1 aliphatic rings. The van der Waals surface area contributed by atoms with Gasteiger partial charge in [0.2, 0.25) is 5.91 Å². The van der Waals surface area contributed by atoms with E-state index in [9.17, 15) is 4.79 Å². The topological polar surface area (TPSA) is 49.3 Å². The molecule has 8 heavy (non-hydrogen) atoms. The summed E-state index contributed by atoms with van der Waals surface area (Å²) in [4.78, 5) is 10.3. The Balaban J connectivity index is 2.49. The fraction of sp³-hybridized carbons (Fsp3) is 0.400. The maximum atomic E-state index is 10.3. The van der Waals surface area contributed by atoms with E-state index in [0.29, 0.717) is 6.42 Å². The first-order valence-corrected chi connectivity index (χ1v) is 2.41. The quantitative estimate of drug-likeness (QED) is 0.476. The van der Waals surface area contributed by atoms with E-state index in [1.165, 1.54) is 0 Å². The molecule has 0 fully saturated rings. The number of aliphatic hydroxyl groups is 1. The summed E-state index contributed by atoms with van der Waals surface area (Å²) in [5.74, 6) is -0.0333. The smallest absolute Gasteiger partial charge is 0.228 e. The summed E-state index contributed by atoms with van der Waals surface area (Å²) < 4.78 is 0. The molecular formula is C5H7NO2. The number of carbonyl (C=O) groups excluding carboxylic acids is 1. The molecule has 0 saturated carbocycles. The second-order valence-corrected chi connectivity index (χ2v) is 1.70. The average molecular weight is 113 g/mol. The normalized spacial score (nSPS) is 18.1. The molecule has 0 spiro atoms. The first-order valence-electron chi connectivity index (χ1n) is 2.41. The van der Waals surface area contributed by atoms with Crippen molar-refractivity contribution >= 4 is 5.91 Å². The lowest BCUT2D eigenvalue weighted by atomic mass is 10.2. The van der Waals surface area contributed by atoms with Crippen molar-refractivity contribution in [3.8, 4) is 0 Å². The fourth-order valence-corrected chi connectivity index (χ4v) is 0.592. The highest BCUT2D eigenvalue weighted by atomic mass is 16.3.